The predicted molar refractivity (Wildman–Crippen MR) is 115 cm³/mol. The maximum absolute atomic E-state index is 12.7. The fourth-order valence-electron chi connectivity index (χ4n) is 4.28. The van der Waals surface area contributed by atoms with Gasteiger partial charge in [-0.15, -0.1) is 0 Å². The first kappa shape index (κ1) is 18.9. The highest BCUT2D eigenvalue weighted by Gasteiger charge is 2.31. The maximum Gasteiger partial charge on any atom is 0.240 e. The Kier molecular flexibility index (Phi) is 4.76. The second kappa shape index (κ2) is 7.31. The second-order valence-corrected chi connectivity index (χ2v) is 9.94. The van der Waals surface area contributed by atoms with Gasteiger partial charge >= 0.3 is 0 Å². The standard InChI is InChI=1S/C22H27N3O3S/c1-16-14-17-2-9-21(29(26,27)23-18-3-4-18)15-22(17)25(16)20-7-5-19(6-8-20)24-10-12-28-13-11-24/h2,5-9,15-16,18,23H,3-4,10-14H2,1H3. The van der Waals surface area contributed by atoms with Crippen molar-refractivity contribution in [2.24, 2.45) is 0 Å². The van der Waals surface area contributed by atoms with E-state index in [1.54, 1.807) is 6.07 Å². The molecule has 2 fully saturated rings. The molecule has 2 aromatic carbocycles. The van der Waals surface area contributed by atoms with E-state index < -0.39 is 10.0 Å². The van der Waals surface area contributed by atoms with E-state index in [2.05, 4.69) is 45.7 Å². The van der Waals surface area contributed by atoms with Crippen molar-refractivity contribution in [2.75, 3.05) is 36.1 Å². The molecule has 5 rings (SSSR count). The van der Waals surface area contributed by atoms with Gasteiger partial charge in [-0.05, 0) is 68.1 Å². The maximum atomic E-state index is 12.7. The molecule has 0 amide bonds. The van der Waals surface area contributed by atoms with Crippen LogP contribution in [0.3, 0.4) is 0 Å². The number of anilines is 3. The zero-order valence-electron chi connectivity index (χ0n) is 16.7. The Labute approximate surface area is 172 Å². The first-order valence-electron chi connectivity index (χ1n) is 10.4. The summed E-state index contributed by atoms with van der Waals surface area (Å²) in [4.78, 5) is 4.95. The highest BCUT2D eigenvalue weighted by molar-refractivity contribution is 7.89. The smallest absolute Gasteiger partial charge is 0.240 e. The lowest BCUT2D eigenvalue weighted by Gasteiger charge is -2.30. The molecule has 0 radical (unpaired) electrons. The van der Waals surface area contributed by atoms with Gasteiger partial charge in [-0.2, -0.15) is 0 Å². The number of fused-ring (bicyclic) bond motifs is 1. The van der Waals surface area contributed by atoms with Gasteiger partial charge in [-0.1, -0.05) is 6.07 Å². The van der Waals surface area contributed by atoms with Crippen molar-refractivity contribution in [1.29, 1.82) is 0 Å². The Morgan fingerprint density at radius 1 is 1.00 bits per heavy atom. The average molecular weight is 414 g/mol. The van der Waals surface area contributed by atoms with Crippen LogP contribution in [0.2, 0.25) is 0 Å². The summed E-state index contributed by atoms with van der Waals surface area (Å²) in [7, 11) is -3.46. The van der Waals surface area contributed by atoms with Gasteiger partial charge in [0.1, 0.15) is 0 Å². The zero-order chi connectivity index (χ0) is 20.0. The number of nitrogens with zero attached hydrogens (tertiary/aromatic N) is 2. The fourth-order valence-corrected chi connectivity index (χ4v) is 5.61. The fraction of sp³-hybridized carbons (Fsp3) is 0.455. The summed E-state index contributed by atoms with van der Waals surface area (Å²) in [5.41, 5.74) is 4.49. The molecule has 3 aliphatic rings. The monoisotopic (exact) mass is 413 g/mol. The van der Waals surface area contributed by atoms with Crippen LogP contribution in [0.5, 0.6) is 0 Å². The number of hydrogen-bond donors (Lipinski definition) is 1. The van der Waals surface area contributed by atoms with Crippen LogP contribution in [0.25, 0.3) is 0 Å². The Balaban J connectivity index is 1.43. The summed E-state index contributed by atoms with van der Waals surface area (Å²) >= 11 is 0. The summed E-state index contributed by atoms with van der Waals surface area (Å²) in [6.07, 6.45) is 2.78. The third-order valence-corrected chi connectivity index (χ3v) is 7.50. The van der Waals surface area contributed by atoms with Gasteiger partial charge < -0.3 is 14.5 Å². The number of ether oxygens (including phenoxy) is 1. The quantitative estimate of drug-likeness (QED) is 0.816. The Bertz CT molecular complexity index is 996. The SMILES string of the molecule is CC1Cc2ccc(S(=O)(=O)NC3CC3)cc2N1c1ccc(N2CCOCC2)cc1. The van der Waals surface area contributed by atoms with Crippen LogP contribution < -0.4 is 14.5 Å². The number of morpholine rings is 1. The third-order valence-electron chi connectivity index (χ3n) is 5.99. The van der Waals surface area contributed by atoms with Gasteiger partial charge in [-0.25, -0.2) is 13.1 Å². The lowest BCUT2D eigenvalue weighted by molar-refractivity contribution is 0.122. The molecule has 6 nitrogen and oxygen atoms in total. The molecule has 154 valence electrons. The van der Waals surface area contributed by atoms with E-state index in [-0.39, 0.29) is 12.1 Å². The minimum atomic E-state index is -3.46. The van der Waals surface area contributed by atoms with Crippen LogP contribution >= 0.6 is 0 Å². The average Bonchev–Trinajstić information content (AvgIpc) is 3.47. The molecule has 2 aromatic rings. The van der Waals surface area contributed by atoms with Crippen molar-refractivity contribution in [3.8, 4) is 0 Å². The van der Waals surface area contributed by atoms with Gasteiger partial charge in [-0.3, -0.25) is 0 Å². The van der Waals surface area contributed by atoms with Gasteiger partial charge in [0.15, 0.2) is 0 Å². The number of nitrogens with one attached hydrogen (secondary N) is 1. The first-order valence-corrected chi connectivity index (χ1v) is 11.9. The molecule has 0 spiro atoms. The Morgan fingerprint density at radius 3 is 2.38 bits per heavy atom. The molecule has 1 saturated carbocycles. The summed E-state index contributed by atoms with van der Waals surface area (Å²) in [6.45, 7) is 5.55. The van der Waals surface area contributed by atoms with Gasteiger partial charge in [0.2, 0.25) is 10.0 Å². The lowest BCUT2D eigenvalue weighted by Crippen LogP contribution is -2.36. The van der Waals surface area contributed by atoms with E-state index in [0.717, 1.165) is 56.9 Å². The van der Waals surface area contributed by atoms with Crippen molar-refractivity contribution in [1.82, 2.24) is 4.72 Å². The van der Waals surface area contributed by atoms with E-state index in [0.29, 0.717) is 4.90 Å². The van der Waals surface area contributed by atoms with Gasteiger partial charge in [0.05, 0.1) is 18.1 Å². The molecule has 2 heterocycles. The van der Waals surface area contributed by atoms with E-state index in [9.17, 15) is 8.42 Å². The molecule has 2 aliphatic heterocycles. The molecule has 1 saturated heterocycles. The van der Waals surface area contributed by atoms with E-state index in [4.69, 9.17) is 4.74 Å². The van der Waals surface area contributed by atoms with E-state index in [1.165, 1.54) is 11.3 Å². The van der Waals surface area contributed by atoms with Crippen LogP contribution in [0.4, 0.5) is 17.1 Å². The molecule has 29 heavy (non-hydrogen) atoms. The van der Waals surface area contributed by atoms with Crippen molar-refractivity contribution < 1.29 is 13.2 Å². The highest BCUT2D eigenvalue weighted by atomic mass is 32.2. The minimum Gasteiger partial charge on any atom is -0.378 e. The Morgan fingerprint density at radius 2 is 1.69 bits per heavy atom. The number of sulfonamides is 1. The molecular formula is C22H27N3O3S. The number of hydrogen-bond acceptors (Lipinski definition) is 5. The molecule has 0 aromatic heterocycles. The van der Waals surface area contributed by atoms with Crippen LogP contribution in [0.1, 0.15) is 25.3 Å². The van der Waals surface area contributed by atoms with E-state index in [1.807, 2.05) is 12.1 Å². The van der Waals surface area contributed by atoms with Crippen LogP contribution in [-0.2, 0) is 21.2 Å². The Hall–Kier alpha value is -2.09. The van der Waals surface area contributed by atoms with Gasteiger partial charge in [0, 0.05) is 42.2 Å². The van der Waals surface area contributed by atoms with Crippen LogP contribution in [0, 0.1) is 0 Å². The first-order chi connectivity index (χ1) is 14.0. The molecule has 1 aliphatic carbocycles. The topological polar surface area (TPSA) is 61.9 Å². The highest BCUT2D eigenvalue weighted by Crippen LogP contribution is 2.40. The molecule has 1 unspecified atom stereocenters. The van der Waals surface area contributed by atoms with E-state index >= 15 is 0 Å². The van der Waals surface area contributed by atoms with Crippen molar-refractivity contribution in [2.45, 2.75) is 43.2 Å². The molecule has 1 atom stereocenters. The normalized spacial score (nSPS) is 22.0. The molecule has 7 heteroatoms. The third kappa shape index (κ3) is 3.74. The largest absolute Gasteiger partial charge is 0.378 e. The van der Waals surface area contributed by atoms with Crippen molar-refractivity contribution >= 4 is 27.1 Å². The summed E-state index contributed by atoms with van der Waals surface area (Å²) < 4.78 is 33.6. The van der Waals surface area contributed by atoms with Crippen molar-refractivity contribution in [3.05, 3.63) is 48.0 Å². The van der Waals surface area contributed by atoms with Crippen LogP contribution in [-0.4, -0.2) is 46.8 Å². The summed E-state index contributed by atoms with van der Waals surface area (Å²) in [5.74, 6) is 0. The number of benzene rings is 2. The number of rotatable bonds is 5. The summed E-state index contributed by atoms with van der Waals surface area (Å²) in [6, 6.07) is 14.5. The molecule has 0 bridgehead atoms. The lowest BCUT2D eigenvalue weighted by atomic mass is 10.1. The summed E-state index contributed by atoms with van der Waals surface area (Å²) in [5, 5.41) is 0. The van der Waals surface area contributed by atoms with Crippen molar-refractivity contribution in [3.63, 3.8) is 0 Å². The van der Waals surface area contributed by atoms with Gasteiger partial charge in [0.25, 0.3) is 0 Å². The molecule has 1 N–H and O–H groups in total. The van der Waals surface area contributed by atoms with Crippen LogP contribution in [0.15, 0.2) is 47.4 Å². The molecular weight excluding hydrogens is 386 g/mol. The second-order valence-electron chi connectivity index (χ2n) is 8.23. The predicted octanol–water partition coefficient (Wildman–Crippen LogP) is 3.05. The zero-order valence-corrected chi connectivity index (χ0v) is 17.5. The minimum absolute atomic E-state index is 0.107.